The second-order valence-electron chi connectivity index (χ2n) is 9.99. The van der Waals surface area contributed by atoms with Gasteiger partial charge in [0.2, 0.25) is 0 Å². The van der Waals surface area contributed by atoms with E-state index in [0.717, 1.165) is 33.0 Å². The molecule has 40 heavy (non-hydrogen) atoms. The van der Waals surface area contributed by atoms with Crippen molar-refractivity contribution in [2.24, 2.45) is 0 Å². The summed E-state index contributed by atoms with van der Waals surface area (Å²) in [6.45, 7) is 0. The summed E-state index contributed by atoms with van der Waals surface area (Å²) >= 11 is 0. The van der Waals surface area contributed by atoms with Gasteiger partial charge in [0.1, 0.15) is 11.6 Å². The summed E-state index contributed by atoms with van der Waals surface area (Å²) in [6.07, 6.45) is 5.75. The molecule has 0 amide bonds. The SMILES string of the molecule is FC1=CC=CCC1c1cc(-c2ccccc2)c2ccc3c(-c4ccccc4)cc(-c4ccccc4F)nc3c2n1. The van der Waals surface area contributed by atoms with Crippen LogP contribution in [-0.4, -0.2) is 9.97 Å². The molecular weight excluding hydrogens is 498 g/mol. The fourth-order valence-electron chi connectivity index (χ4n) is 5.56. The molecule has 192 valence electrons. The summed E-state index contributed by atoms with van der Waals surface area (Å²) < 4.78 is 30.2. The number of fused-ring (bicyclic) bond motifs is 3. The first-order chi connectivity index (χ1) is 19.7. The number of nitrogens with zero attached hydrogens (tertiary/aromatic N) is 2. The molecule has 0 N–H and O–H groups in total. The van der Waals surface area contributed by atoms with Crippen molar-refractivity contribution in [3.05, 3.63) is 145 Å². The van der Waals surface area contributed by atoms with Crippen LogP contribution >= 0.6 is 0 Å². The van der Waals surface area contributed by atoms with E-state index in [1.807, 2.05) is 84.9 Å². The van der Waals surface area contributed by atoms with Crippen LogP contribution in [0.25, 0.3) is 55.3 Å². The molecule has 0 bridgehead atoms. The summed E-state index contributed by atoms with van der Waals surface area (Å²) in [7, 11) is 0. The molecule has 0 spiro atoms. The zero-order valence-electron chi connectivity index (χ0n) is 21.6. The number of hydrogen-bond donors (Lipinski definition) is 0. The highest BCUT2D eigenvalue weighted by Crippen LogP contribution is 2.40. The number of halogens is 2. The van der Waals surface area contributed by atoms with E-state index in [2.05, 4.69) is 12.1 Å². The minimum Gasteiger partial charge on any atom is -0.250 e. The van der Waals surface area contributed by atoms with E-state index in [9.17, 15) is 0 Å². The Hall–Kier alpha value is -4.96. The van der Waals surface area contributed by atoms with E-state index in [1.54, 1.807) is 18.2 Å². The van der Waals surface area contributed by atoms with E-state index < -0.39 is 5.92 Å². The van der Waals surface area contributed by atoms with Crippen LogP contribution in [0.4, 0.5) is 8.78 Å². The number of hydrogen-bond acceptors (Lipinski definition) is 2. The molecule has 6 aromatic rings. The van der Waals surface area contributed by atoms with Crippen molar-refractivity contribution in [1.29, 1.82) is 0 Å². The molecular formula is C36H24F2N2. The van der Waals surface area contributed by atoms with Crippen molar-refractivity contribution in [2.75, 3.05) is 0 Å². The lowest BCUT2D eigenvalue weighted by Crippen LogP contribution is -2.05. The second-order valence-corrected chi connectivity index (χ2v) is 9.99. The zero-order valence-corrected chi connectivity index (χ0v) is 21.6. The monoisotopic (exact) mass is 522 g/mol. The van der Waals surface area contributed by atoms with Gasteiger partial charge in [-0.3, -0.25) is 0 Å². The Morgan fingerprint density at radius 3 is 1.85 bits per heavy atom. The molecule has 0 radical (unpaired) electrons. The van der Waals surface area contributed by atoms with Crippen molar-refractivity contribution >= 4 is 21.8 Å². The zero-order chi connectivity index (χ0) is 27.1. The fraction of sp³-hybridized carbons (Fsp3) is 0.0556. The van der Waals surface area contributed by atoms with Crippen LogP contribution in [0.2, 0.25) is 0 Å². The first kappa shape index (κ1) is 24.1. The van der Waals surface area contributed by atoms with Crippen LogP contribution in [0.15, 0.2) is 133 Å². The van der Waals surface area contributed by atoms with Gasteiger partial charge in [-0.1, -0.05) is 97.1 Å². The Morgan fingerprint density at radius 1 is 0.600 bits per heavy atom. The van der Waals surface area contributed by atoms with Crippen LogP contribution in [-0.2, 0) is 0 Å². The highest BCUT2D eigenvalue weighted by molar-refractivity contribution is 6.12. The molecule has 1 atom stereocenters. The van der Waals surface area contributed by atoms with Gasteiger partial charge in [0, 0.05) is 16.3 Å². The maximum Gasteiger partial charge on any atom is 0.132 e. The lowest BCUT2D eigenvalue weighted by atomic mass is 9.90. The van der Waals surface area contributed by atoms with Gasteiger partial charge in [-0.2, -0.15) is 0 Å². The predicted octanol–water partition coefficient (Wildman–Crippen LogP) is 9.82. The van der Waals surface area contributed by atoms with Gasteiger partial charge < -0.3 is 0 Å². The van der Waals surface area contributed by atoms with Gasteiger partial charge in [-0.25, -0.2) is 18.7 Å². The van der Waals surface area contributed by atoms with Crippen molar-refractivity contribution in [1.82, 2.24) is 9.97 Å². The Morgan fingerprint density at radius 2 is 1.20 bits per heavy atom. The summed E-state index contributed by atoms with van der Waals surface area (Å²) in [4.78, 5) is 10.1. The molecule has 7 rings (SSSR count). The van der Waals surface area contributed by atoms with Gasteiger partial charge in [0.05, 0.1) is 28.3 Å². The lowest BCUT2D eigenvalue weighted by Gasteiger charge is -2.19. The molecule has 2 aromatic heterocycles. The number of allylic oxidation sites excluding steroid dienone is 4. The van der Waals surface area contributed by atoms with Gasteiger partial charge in [0.25, 0.3) is 0 Å². The molecule has 0 saturated heterocycles. The molecule has 4 heteroatoms. The first-order valence-electron chi connectivity index (χ1n) is 13.3. The van der Waals surface area contributed by atoms with Crippen LogP contribution < -0.4 is 0 Å². The number of aromatic nitrogens is 2. The highest BCUT2D eigenvalue weighted by atomic mass is 19.1. The summed E-state index contributed by atoms with van der Waals surface area (Å²) in [5.74, 6) is -1.03. The molecule has 2 nitrogen and oxygen atoms in total. The van der Waals surface area contributed by atoms with Crippen molar-refractivity contribution < 1.29 is 8.78 Å². The average Bonchev–Trinajstić information content (AvgIpc) is 3.01. The second kappa shape index (κ2) is 9.97. The fourth-order valence-corrected chi connectivity index (χ4v) is 5.56. The Bertz CT molecular complexity index is 1940. The highest BCUT2D eigenvalue weighted by Gasteiger charge is 2.23. The third-order valence-corrected chi connectivity index (χ3v) is 7.55. The van der Waals surface area contributed by atoms with E-state index in [4.69, 9.17) is 9.97 Å². The average molecular weight is 523 g/mol. The Kier molecular flexibility index (Phi) is 6.01. The van der Waals surface area contributed by atoms with Crippen molar-refractivity contribution in [3.8, 4) is 33.5 Å². The van der Waals surface area contributed by atoms with Crippen LogP contribution in [0.3, 0.4) is 0 Å². The summed E-state index contributed by atoms with van der Waals surface area (Å²) in [5, 5.41) is 1.82. The normalized spacial score (nSPS) is 14.9. The molecule has 1 aliphatic carbocycles. The standard InChI is InChI=1S/C36H24F2N2/c37-31-17-9-7-15-27(31)33-21-29(23-11-3-1-4-12-23)25-19-20-26-30(24-13-5-2-6-14-24)22-34(40-36(26)35(25)39-33)28-16-8-10-18-32(28)38/h1-15,17-22,28H,16H2. The molecule has 0 saturated carbocycles. The summed E-state index contributed by atoms with van der Waals surface area (Å²) in [5.41, 5.74) is 6.84. The van der Waals surface area contributed by atoms with Crippen LogP contribution in [0, 0.1) is 5.82 Å². The first-order valence-corrected chi connectivity index (χ1v) is 13.3. The van der Waals surface area contributed by atoms with Gasteiger partial charge in [0.15, 0.2) is 0 Å². The van der Waals surface area contributed by atoms with E-state index in [-0.39, 0.29) is 11.6 Å². The molecule has 4 aromatic carbocycles. The third kappa shape index (κ3) is 4.18. The molecule has 2 heterocycles. The van der Waals surface area contributed by atoms with E-state index >= 15 is 8.78 Å². The molecule has 1 unspecified atom stereocenters. The molecule has 0 fully saturated rings. The number of pyridine rings is 2. The minimum absolute atomic E-state index is 0.210. The maximum atomic E-state index is 15.1. The maximum absolute atomic E-state index is 15.1. The van der Waals surface area contributed by atoms with Gasteiger partial charge in [-0.15, -0.1) is 0 Å². The Labute approximate surface area is 231 Å². The predicted molar refractivity (Wildman–Crippen MR) is 159 cm³/mol. The van der Waals surface area contributed by atoms with Crippen LogP contribution in [0.5, 0.6) is 0 Å². The lowest BCUT2D eigenvalue weighted by molar-refractivity contribution is 0.535. The third-order valence-electron chi connectivity index (χ3n) is 7.55. The van der Waals surface area contributed by atoms with Crippen LogP contribution in [0.1, 0.15) is 18.0 Å². The number of rotatable bonds is 4. The van der Waals surface area contributed by atoms with Gasteiger partial charge >= 0.3 is 0 Å². The topological polar surface area (TPSA) is 25.8 Å². The minimum atomic E-state index is -0.476. The quantitative estimate of drug-likeness (QED) is 0.215. The van der Waals surface area contributed by atoms with E-state index in [0.29, 0.717) is 34.4 Å². The van der Waals surface area contributed by atoms with Crippen molar-refractivity contribution in [2.45, 2.75) is 12.3 Å². The molecule has 0 aliphatic heterocycles. The van der Waals surface area contributed by atoms with Gasteiger partial charge in [-0.05, 0) is 59.0 Å². The number of benzene rings is 4. The Balaban J connectivity index is 1.60. The summed E-state index contributed by atoms with van der Waals surface area (Å²) in [6, 6.07) is 34.8. The van der Waals surface area contributed by atoms with E-state index in [1.165, 1.54) is 12.1 Å². The smallest absolute Gasteiger partial charge is 0.132 e. The van der Waals surface area contributed by atoms with Crippen molar-refractivity contribution in [3.63, 3.8) is 0 Å². The largest absolute Gasteiger partial charge is 0.250 e. The molecule has 1 aliphatic rings.